The molecule has 0 aliphatic heterocycles. The van der Waals surface area contributed by atoms with E-state index in [4.69, 9.17) is 10.8 Å². The van der Waals surface area contributed by atoms with Crippen molar-refractivity contribution < 1.29 is 24.5 Å². The van der Waals surface area contributed by atoms with Gasteiger partial charge in [0.15, 0.2) is 12.4 Å². The third kappa shape index (κ3) is 2.96. The van der Waals surface area contributed by atoms with Crippen LogP contribution in [0.5, 0.6) is 5.75 Å². The minimum Gasteiger partial charge on any atom is -0.508 e. The van der Waals surface area contributed by atoms with Crippen LogP contribution in [0.4, 0.5) is 4.79 Å². The summed E-state index contributed by atoms with van der Waals surface area (Å²) in [6.45, 7) is -0.853. The molecule has 0 spiro atoms. The Kier molecular flexibility index (Phi) is 3.84. The lowest BCUT2D eigenvalue weighted by atomic mass is 10.1. The first kappa shape index (κ1) is 12.0. The second kappa shape index (κ2) is 5.13. The topological polar surface area (TPSA) is 110 Å². The maximum atomic E-state index is 11.4. The molecule has 0 bridgehead atoms. The number of aliphatic hydroxyl groups is 1. The highest BCUT2D eigenvalue weighted by molar-refractivity contribution is 5.98. The van der Waals surface area contributed by atoms with Crippen molar-refractivity contribution in [2.24, 2.45) is 5.73 Å². The van der Waals surface area contributed by atoms with Gasteiger partial charge < -0.3 is 20.7 Å². The first-order valence-electron chi connectivity index (χ1n) is 4.42. The number of hydrogen-bond donors (Lipinski definition) is 3. The number of amides is 1. The summed E-state index contributed by atoms with van der Waals surface area (Å²) in [4.78, 5) is 21.7. The molecule has 1 aromatic carbocycles. The highest BCUT2D eigenvalue weighted by atomic mass is 16.5. The summed E-state index contributed by atoms with van der Waals surface area (Å²) in [5, 5.41) is 18.1. The molecule has 0 aliphatic rings. The number of hydrogen-bond acceptors (Lipinski definition) is 5. The summed E-state index contributed by atoms with van der Waals surface area (Å²) >= 11 is 0. The molecule has 0 aromatic heterocycles. The summed E-state index contributed by atoms with van der Waals surface area (Å²) in [5.74, 6) is -0.566. The van der Waals surface area contributed by atoms with Crippen molar-refractivity contribution >= 4 is 11.9 Å². The van der Waals surface area contributed by atoms with Gasteiger partial charge in [0.05, 0.1) is 6.61 Å². The third-order valence-electron chi connectivity index (χ3n) is 1.92. The van der Waals surface area contributed by atoms with Crippen LogP contribution < -0.4 is 5.73 Å². The standard InChI is InChI=1S/C10H11NO5/c11-10(15)16-5-9(14)6-1-2-8(13)7(3-6)4-12/h1-3,12-13H,4-5H2,(H2,11,15). The average molecular weight is 225 g/mol. The van der Waals surface area contributed by atoms with Gasteiger partial charge in [-0.2, -0.15) is 0 Å². The fourth-order valence-corrected chi connectivity index (χ4v) is 1.11. The molecule has 4 N–H and O–H groups in total. The number of primary amides is 1. The predicted octanol–water partition coefficient (Wildman–Crippen LogP) is 0.163. The number of aliphatic hydroxyl groups excluding tert-OH is 1. The maximum absolute atomic E-state index is 11.4. The van der Waals surface area contributed by atoms with Gasteiger partial charge in [0.2, 0.25) is 0 Å². The van der Waals surface area contributed by atoms with Crippen LogP contribution in [-0.2, 0) is 11.3 Å². The third-order valence-corrected chi connectivity index (χ3v) is 1.92. The van der Waals surface area contributed by atoms with Gasteiger partial charge in [0.25, 0.3) is 0 Å². The Morgan fingerprint density at radius 1 is 1.38 bits per heavy atom. The van der Waals surface area contributed by atoms with Crippen LogP contribution in [0.1, 0.15) is 15.9 Å². The quantitative estimate of drug-likeness (QED) is 0.632. The summed E-state index contributed by atoms with van der Waals surface area (Å²) in [6.07, 6.45) is -1.03. The summed E-state index contributed by atoms with van der Waals surface area (Å²) < 4.78 is 4.33. The van der Waals surface area contributed by atoms with Crippen molar-refractivity contribution in [1.82, 2.24) is 0 Å². The number of rotatable bonds is 4. The molecule has 86 valence electrons. The first-order chi connectivity index (χ1) is 7.54. The Bertz CT molecular complexity index is 416. The van der Waals surface area contributed by atoms with E-state index in [1.807, 2.05) is 0 Å². The van der Waals surface area contributed by atoms with Gasteiger partial charge >= 0.3 is 6.09 Å². The van der Waals surface area contributed by atoms with E-state index in [0.717, 1.165) is 0 Å². The Labute approximate surface area is 91.3 Å². The summed E-state index contributed by atoms with van der Waals surface area (Å²) in [6, 6.07) is 3.96. The van der Waals surface area contributed by atoms with E-state index in [9.17, 15) is 14.7 Å². The van der Waals surface area contributed by atoms with Crippen molar-refractivity contribution in [3.8, 4) is 5.75 Å². The van der Waals surface area contributed by atoms with E-state index in [1.54, 1.807) is 0 Å². The number of phenols is 1. The molecule has 1 rings (SSSR count). The smallest absolute Gasteiger partial charge is 0.404 e. The zero-order valence-corrected chi connectivity index (χ0v) is 8.34. The lowest BCUT2D eigenvalue weighted by Crippen LogP contribution is -2.18. The van der Waals surface area contributed by atoms with E-state index in [0.29, 0.717) is 0 Å². The molecule has 0 atom stereocenters. The molecule has 6 nitrogen and oxygen atoms in total. The number of carbonyl (C=O) groups is 2. The van der Waals surface area contributed by atoms with Crippen molar-refractivity contribution in [2.45, 2.75) is 6.61 Å². The van der Waals surface area contributed by atoms with E-state index < -0.39 is 18.5 Å². The van der Waals surface area contributed by atoms with Crippen LogP contribution in [0.15, 0.2) is 18.2 Å². The van der Waals surface area contributed by atoms with Gasteiger partial charge in [-0.05, 0) is 18.2 Å². The highest BCUT2D eigenvalue weighted by Crippen LogP contribution is 2.18. The molecule has 0 saturated heterocycles. The van der Waals surface area contributed by atoms with Crippen LogP contribution in [0.2, 0.25) is 0 Å². The highest BCUT2D eigenvalue weighted by Gasteiger charge is 2.10. The summed E-state index contributed by atoms with van der Waals surface area (Å²) in [5.41, 5.74) is 5.16. The number of aromatic hydroxyl groups is 1. The lowest BCUT2D eigenvalue weighted by molar-refractivity contribution is 0.0857. The molecule has 0 fully saturated rings. The van der Waals surface area contributed by atoms with Crippen molar-refractivity contribution in [1.29, 1.82) is 0 Å². The molecule has 0 unspecified atom stereocenters. The molecule has 1 aromatic rings. The number of ether oxygens (including phenoxy) is 1. The van der Waals surface area contributed by atoms with Gasteiger partial charge in [-0.15, -0.1) is 0 Å². The molecule has 6 heteroatoms. The molecular formula is C10H11NO5. The van der Waals surface area contributed by atoms with Gasteiger partial charge in [-0.1, -0.05) is 0 Å². The number of benzene rings is 1. The molecule has 16 heavy (non-hydrogen) atoms. The van der Waals surface area contributed by atoms with Crippen LogP contribution >= 0.6 is 0 Å². The Morgan fingerprint density at radius 3 is 2.62 bits per heavy atom. The second-order valence-corrected chi connectivity index (χ2v) is 3.03. The van der Waals surface area contributed by atoms with Gasteiger partial charge in [-0.3, -0.25) is 4.79 Å². The average Bonchev–Trinajstić information content (AvgIpc) is 2.26. The number of nitrogens with two attached hydrogens (primary N) is 1. The van der Waals surface area contributed by atoms with Crippen LogP contribution in [0.25, 0.3) is 0 Å². The van der Waals surface area contributed by atoms with E-state index >= 15 is 0 Å². The first-order valence-corrected chi connectivity index (χ1v) is 4.42. The SMILES string of the molecule is NC(=O)OCC(=O)c1ccc(O)c(CO)c1. The molecule has 0 radical (unpaired) electrons. The molecule has 0 heterocycles. The van der Waals surface area contributed by atoms with Crippen molar-refractivity contribution in [2.75, 3.05) is 6.61 Å². The molecule has 0 saturated carbocycles. The number of ketones is 1. The lowest BCUT2D eigenvalue weighted by Gasteiger charge is -2.05. The molecular weight excluding hydrogens is 214 g/mol. The number of Topliss-reactive ketones (excluding diaryl/α,β-unsaturated/α-hetero) is 1. The number of carbonyl (C=O) groups excluding carboxylic acids is 2. The van der Waals surface area contributed by atoms with Crippen LogP contribution in [0, 0.1) is 0 Å². The van der Waals surface area contributed by atoms with E-state index in [2.05, 4.69) is 4.74 Å². The van der Waals surface area contributed by atoms with Crippen LogP contribution in [0.3, 0.4) is 0 Å². The minimum atomic E-state index is -1.03. The predicted molar refractivity (Wildman–Crippen MR) is 53.9 cm³/mol. The van der Waals surface area contributed by atoms with E-state index in [1.165, 1.54) is 18.2 Å². The Morgan fingerprint density at radius 2 is 2.06 bits per heavy atom. The maximum Gasteiger partial charge on any atom is 0.404 e. The summed E-state index contributed by atoms with van der Waals surface area (Å²) in [7, 11) is 0. The fraction of sp³-hybridized carbons (Fsp3) is 0.200. The zero-order valence-electron chi connectivity index (χ0n) is 8.34. The molecule has 0 aliphatic carbocycles. The van der Waals surface area contributed by atoms with Crippen molar-refractivity contribution in [3.63, 3.8) is 0 Å². The van der Waals surface area contributed by atoms with Crippen LogP contribution in [-0.4, -0.2) is 28.7 Å². The van der Waals surface area contributed by atoms with Gasteiger partial charge in [0, 0.05) is 11.1 Å². The molecule has 1 amide bonds. The normalized spacial score (nSPS) is 9.81. The van der Waals surface area contributed by atoms with Gasteiger partial charge in [-0.25, -0.2) is 4.79 Å². The van der Waals surface area contributed by atoms with E-state index in [-0.39, 0.29) is 23.5 Å². The minimum absolute atomic E-state index is 0.102. The second-order valence-electron chi connectivity index (χ2n) is 3.03. The monoisotopic (exact) mass is 225 g/mol. The Balaban J connectivity index is 2.80. The van der Waals surface area contributed by atoms with Crippen molar-refractivity contribution in [3.05, 3.63) is 29.3 Å². The largest absolute Gasteiger partial charge is 0.508 e. The fourth-order valence-electron chi connectivity index (χ4n) is 1.11. The zero-order chi connectivity index (χ0) is 12.1. The Hall–Kier alpha value is -2.08. The van der Waals surface area contributed by atoms with Gasteiger partial charge in [0.1, 0.15) is 5.75 Å².